The van der Waals surface area contributed by atoms with Crippen LogP contribution < -0.4 is 5.73 Å². The van der Waals surface area contributed by atoms with Gasteiger partial charge in [-0.05, 0) is 31.9 Å². The standard InChI is InChI=1S/C15H17NOS/c1-4-11-8-13(15(16)18-11)14(17)12-6-5-9(2)7-10(12)3/h5-8H,4,16H2,1-3H3. The molecule has 94 valence electrons. The number of nitrogens with two attached hydrogens (primary N) is 1. The fourth-order valence-corrected chi connectivity index (χ4v) is 2.89. The molecule has 0 aliphatic rings. The molecule has 0 fully saturated rings. The number of aryl methyl sites for hydroxylation is 3. The van der Waals surface area contributed by atoms with Crippen molar-refractivity contribution < 1.29 is 4.79 Å². The quantitative estimate of drug-likeness (QED) is 0.853. The van der Waals surface area contributed by atoms with Crippen molar-refractivity contribution in [2.24, 2.45) is 0 Å². The van der Waals surface area contributed by atoms with E-state index in [4.69, 9.17) is 5.73 Å². The molecule has 0 aliphatic carbocycles. The van der Waals surface area contributed by atoms with E-state index in [9.17, 15) is 4.79 Å². The van der Waals surface area contributed by atoms with Crippen LogP contribution in [-0.4, -0.2) is 5.78 Å². The number of nitrogen functional groups attached to an aromatic ring is 1. The first-order valence-corrected chi connectivity index (χ1v) is 6.84. The van der Waals surface area contributed by atoms with Gasteiger partial charge in [-0.3, -0.25) is 4.79 Å². The molecule has 1 aromatic heterocycles. The van der Waals surface area contributed by atoms with Crippen LogP contribution in [0.15, 0.2) is 24.3 Å². The minimum Gasteiger partial charge on any atom is -0.390 e. The number of thiophene rings is 1. The Morgan fingerprint density at radius 3 is 2.50 bits per heavy atom. The van der Waals surface area contributed by atoms with Crippen LogP contribution in [-0.2, 0) is 6.42 Å². The second-order valence-electron chi connectivity index (χ2n) is 4.49. The van der Waals surface area contributed by atoms with Crippen molar-refractivity contribution >= 4 is 22.1 Å². The first-order chi connectivity index (χ1) is 8.52. The third kappa shape index (κ3) is 2.31. The van der Waals surface area contributed by atoms with Crippen LogP contribution in [0.25, 0.3) is 0 Å². The Kier molecular flexibility index (Phi) is 3.53. The second-order valence-corrected chi connectivity index (χ2v) is 5.66. The fourth-order valence-electron chi connectivity index (χ4n) is 2.02. The maximum absolute atomic E-state index is 12.5. The summed E-state index contributed by atoms with van der Waals surface area (Å²) in [6.07, 6.45) is 0.912. The fraction of sp³-hybridized carbons (Fsp3) is 0.267. The lowest BCUT2D eigenvalue weighted by atomic mass is 9.98. The van der Waals surface area contributed by atoms with Gasteiger partial charge in [0.25, 0.3) is 0 Å². The van der Waals surface area contributed by atoms with E-state index in [0.29, 0.717) is 10.6 Å². The Labute approximate surface area is 111 Å². The molecule has 3 heteroatoms. The zero-order valence-electron chi connectivity index (χ0n) is 10.9. The molecule has 2 nitrogen and oxygen atoms in total. The summed E-state index contributed by atoms with van der Waals surface area (Å²) in [7, 11) is 0. The van der Waals surface area contributed by atoms with Crippen LogP contribution in [0.1, 0.15) is 38.8 Å². The molecule has 2 N–H and O–H groups in total. The summed E-state index contributed by atoms with van der Waals surface area (Å²) >= 11 is 1.50. The molecular weight excluding hydrogens is 242 g/mol. The minimum atomic E-state index is 0.0287. The lowest BCUT2D eigenvalue weighted by molar-refractivity contribution is 0.103. The normalized spacial score (nSPS) is 10.6. The van der Waals surface area contributed by atoms with Crippen molar-refractivity contribution in [1.82, 2.24) is 0 Å². The number of carbonyl (C=O) groups is 1. The van der Waals surface area contributed by atoms with Crippen molar-refractivity contribution in [2.75, 3.05) is 5.73 Å². The molecule has 2 aromatic rings. The van der Waals surface area contributed by atoms with E-state index in [1.807, 2.05) is 38.1 Å². The Morgan fingerprint density at radius 2 is 1.94 bits per heavy atom. The van der Waals surface area contributed by atoms with Crippen LogP contribution in [0.3, 0.4) is 0 Å². The monoisotopic (exact) mass is 259 g/mol. The summed E-state index contributed by atoms with van der Waals surface area (Å²) in [4.78, 5) is 13.6. The van der Waals surface area contributed by atoms with Gasteiger partial charge in [0.2, 0.25) is 0 Å². The van der Waals surface area contributed by atoms with Gasteiger partial charge in [-0.2, -0.15) is 0 Å². The van der Waals surface area contributed by atoms with Gasteiger partial charge in [0, 0.05) is 10.4 Å². The zero-order valence-corrected chi connectivity index (χ0v) is 11.7. The molecule has 0 aliphatic heterocycles. The largest absolute Gasteiger partial charge is 0.390 e. The van der Waals surface area contributed by atoms with E-state index in [-0.39, 0.29) is 5.78 Å². The summed E-state index contributed by atoms with van der Waals surface area (Å²) in [6, 6.07) is 7.79. The van der Waals surface area contributed by atoms with E-state index in [1.54, 1.807) is 0 Å². The smallest absolute Gasteiger partial charge is 0.196 e. The van der Waals surface area contributed by atoms with Crippen molar-refractivity contribution in [3.05, 3.63) is 51.4 Å². The number of hydrogen-bond donors (Lipinski definition) is 1. The van der Waals surface area contributed by atoms with E-state index in [0.717, 1.165) is 28.0 Å². The van der Waals surface area contributed by atoms with Crippen LogP contribution in [0, 0.1) is 13.8 Å². The number of benzene rings is 1. The van der Waals surface area contributed by atoms with Gasteiger partial charge in [-0.25, -0.2) is 0 Å². The van der Waals surface area contributed by atoms with Gasteiger partial charge in [-0.1, -0.05) is 30.7 Å². The molecule has 0 unspecified atom stereocenters. The Bertz CT molecular complexity index is 599. The van der Waals surface area contributed by atoms with Gasteiger partial charge in [-0.15, -0.1) is 11.3 Å². The van der Waals surface area contributed by atoms with Crippen LogP contribution in [0.2, 0.25) is 0 Å². The first kappa shape index (κ1) is 12.8. The van der Waals surface area contributed by atoms with Crippen LogP contribution in [0.5, 0.6) is 0 Å². The molecule has 0 radical (unpaired) electrons. The summed E-state index contributed by atoms with van der Waals surface area (Å²) in [5.74, 6) is 0.0287. The third-order valence-corrected chi connectivity index (χ3v) is 4.14. The van der Waals surface area contributed by atoms with Crippen molar-refractivity contribution in [1.29, 1.82) is 0 Å². The minimum absolute atomic E-state index is 0.0287. The van der Waals surface area contributed by atoms with Gasteiger partial charge in [0.15, 0.2) is 5.78 Å². The number of anilines is 1. The summed E-state index contributed by atoms with van der Waals surface area (Å²) in [5.41, 5.74) is 9.49. The number of hydrogen-bond acceptors (Lipinski definition) is 3. The zero-order chi connectivity index (χ0) is 13.3. The molecule has 0 amide bonds. The van der Waals surface area contributed by atoms with Crippen molar-refractivity contribution in [3.63, 3.8) is 0 Å². The second kappa shape index (κ2) is 4.94. The third-order valence-electron chi connectivity index (χ3n) is 3.03. The van der Waals surface area contributed by atoms with Crippen molar-refractivity contribution in [3.8, 4) is 0 Å². The Morgan fingerprint density at radius 1 is 1.22 bits per heavy atom. The molecule has 2 rings (SSSR count). The van der Waals surface area contributed by atoms with E-state index in [2.05, 4.69) is 6.92 Å². The van der Waals surface area contributed by atoms with Gasteiger partial charge >= 0.3 is 0 Å². The topological polar surface area (TPSA) is 43.1 Å². The van der Waals surface area contributed by atoms with Crippen LogP contribution >= 0.6 is 11.3 Å². The van der Waals surface area contributed by atoms with Crippen LogP contribution in [0.4, 0.5) is 5.00 Å². The molecular formula is C15H17NOS. The van der Waals surface area contributed by atoms with Crippen molar-refractivity contribution in [2.45, 2.75) is 27.2 Å². The maximum Gasteiger partial charge on any atom is 0.196 e. The van der Waals surface area contributed by atoms with Gasteiger partial charge in [0.1, 0.15) is 0 Å². The predicted octanol–water partition coefficient (Wildman–Crippen LogP) is 3.74. The lowest BCUT2D eigenvalue weighted by Crippen LogP contribution is -2.05. The first-order valence-electron chi connectivity index (χ1n) is 6.03. The highest BCUT2D eigenvalue weighted by Gasteiger charge is 2.17. The molecule has 0 spiro atoms. The molecule has 0 atom stereocenters. The molecule has 0 saturated heterocycles. The highest BCUT2D eigenvalue weighted by atomic mass is 32.1. The van der Waals surface area contributed by atoms with Gasteiger partial charge < -0.3 is 5.73 Å². The summed E-state index contributed by atoms with van der Waals surface area (Å²) in [5, 5.41) is 0.622. The highest BCUT2D eigenvalue weighted by Crippen LogP contribution is 2.28. The number of rotatable bonds is 3. The average molecular weight is 259 g/mol. The Balaban J connectivity index is 2.44. The Hall–Kier alpha value is -1.61. The summed E-state index contributed by atoms with van der Waals surface area (Å²) < 4.78 is 0. The molecule has 0 bridgehead atoms. The summed E-state index contributed by atoms with van der Waals surface area (Å²) in [6.45, 7) is 6.05. The van der Waals surface area contributed by atoms with E-state index in [1.165, 1.54) is 11.3 Å². The average Bonchev–Trinajstić information content (AvgIpc) is 2.70. The molecule has 0 saturated carbocycles. The van der Waals surface area contributed by atoms with Gasteiger partial charge in [0.05, 0.1) is 10.6 Å². The predicted molar refractivity (Wildman–Crippen MR) is 77.5 cm³/mol. The number of carbonyl (C=O) groups excluding carboxylic acids is 1. The maximum atomic E-state index is 12.5. The number of ketones is 1. The molecule has 1 heterocycles. The van der Waals surface area contributed by atoms with E-state index < -0.39 is 0 Å². The van der Waals surface area contributed by atoms with E-state index >= 15 is 0 Å². The highest BCUT2D eigenvalue weighted by molar-refractivity contribution is 7.16. The molecule has 18 heavy (non-hydrogen) atoms. The lowest BCUT2D eigenvalue weighted by Gasteiger charge is -2.05. The molecule has 1 aromatic carbocycles. The SMILES string of the molecule is CCc1cc(C(=O)c2ccc(C)cc2C)c(N)s1.